The molecule has 0 aliphatic carbocycles. The maximum Gasteiger partial charge on any atom is 0.242 e. The Morgan fingerprint density at radius 2 is 1.65 bits per heavy atom. The summed E-state index contributed by atoms with van der Waals surface area (Å²) in [6.07, 6.45) is 0.565. The first-order valence-electron chi connectivity index (χ1n) is 6.47. The Bertz CT molecular complexity index is 281. The summed E-state index contributed by atoms with van der Waals surface area (Å²) < 4.78 is 0. The van der Waals surface area contributed by atoms with Gasteiger partial charge in [-0.15, -0.1) is 0 Å². The van der Waals surface area contributed by atoms with Crippen molar-refractivity contribution in [2.45, 2.75) is 48.0 Å². The molecule has 0 bridgehead atoms. The first kappa shape index (κ1) is 16.0. The van der Waals surface area contributed by atoms with Crippen LogP contribution in [0, 0.1) is 28.6 Å². The van der Waals surface area contributed by atoms with Crippen molar-refractivity contribution < 1.29 is 4.79 Å². The van der Waals surface area contributed by atoms with Gasteiger partial charge < -0.3 is 4.90 Å². The molecule has 3 heteroatoms. The molecular weight excluding hydrogens is 212 g/mol. The fourth-order valence-electron chi connectivity index (χ4n) is 1.75. The van der Waals surface area contributed by atoms with Gasteiger partial charge in [-0.1, -0.05) is 34.6 Å². The highest BCUT2D eigenvalue weighted by atomic mass is 16.2. The topological polar surface area (TPSA) is 44.1 Å². The summed E-state index contributed by atoms with van der Waals surface area (Å²) >= 11 is 0. The fourth-order valence-corrected chi connectivity index (χ4v) is 1.75. The number of rotatable bonds is 6. The first-order valence-corrected chi connectivity index (χ1v) is 6.47. The van der Waals surface area contributed by atoms with Gasteiger partial charge >= 0.3 is 0 Å². The molecule has 98 valence electrons. The van der Waals surface area contributed by atoms with Crippen molar-refractivity contribution >= 4 is 5.91 Å². The number of carbonyl (C=O) groups excluding carboxylic acids is 1. The van der Waals surface area contributed by atoms with Crippen molar-refractivity contribution in [3.05, 3.63) is 0 Å². The molecular formula is C14H26N2O. The summed E-state index contributed by atoms with van der Waals surface area (Å²) in [5.41, 5.74) is -0.871. The average molecular weight is 238 g/mol. The summed E-state index contributed by atoms with van der Waals surface area (Å²) in [6.45, 7) is 13.5. The number of nitrogens with zero attached hydrogens (tertiary/aromatic N) is 2. The van der Waals surface area contributed by atoms with E-state index in [1.165, 1.54) is 0 Å². The highest BCUT2D eigenvalue weighted by Gasteiger charge is 2.35. The molecule has 0 saturated carbocycles. The SMILES string of the molecule is CCC(C)(C#N)C(=O)N(CC(C)C)CC(C)C. The molecule has 0 aromatic heterocycles. The molecule has 0 heterocycles. The predicted molar refractivity (Wildman–Crippen MR) is 70.3 cm³/mol. The van der Waals surface area contributed by atoms with Gasteiger partial charge in [0, 0.05) is 13.1 Å². The molecule has 0 aliphatic rings. The van der Waals surface area contributed by atoms with Crippen LogP contribution >= 0.6 is 0 Å². The van der Waals surface area contributed by atoms with E-state index in [2.05, 4.69) is 33.8 Å². The number of amides is 1. The Kier molecular flexibility index (Phi) is 6.23. The third-order valence-electron chi connectivity index (χ3n) is 2.88. The molecule has 1 unspecified atom stereocenters. The van der Waals surface area contributed by atoms with Crippen molar-refractivity contribution in [3.63, 3.8) is 0 Å². The van der Waals surface area contributed by atoms with E-state index in [0.29, 0.717) is 18.3 Å². The van der Waals surface area contributed by atoms with Crippen molar-refractivity contribution in [1.29, 1.82) is 5.26 Å². The molecule has 0 N–H and O–H groups in total. The highest BCUT2D eigenvalue weighted by molar-refractivity contribution is 5.85. The van der Waals surface area contributed by atoms with Crippen molar-refractivity contribution in [3.8, 4) is 6.07 Å². The molecule has 0 spiro atoms. The normalized spacial score (nSPS) is 14.5. The summed E-state index contributed by atoms with van der Waals surface area (Å²) in [7, 11) is 0. The average Bonchev–Trinajstić information content (AvgIpc) is 2.24. The minimum absolute atomic E-state index is 0.0232. The minimum atomic E-state index is -0.871. The van der Waals surface area contributed by atoms with E-state index in [4.69, 9.17) is 0 Å². The second kappa shape index (κ2) is 6.64. The zero-order valence-corrected chi connectivity index (χ0v) is 12.1. The van der Waals surface area contributed by atoms with Crippen LogP contribution in [0.1, 0.15) is 48.0 Å². The van der Waals surface area contributed by atoms with E-state index >= 15 is 0 Å². The van der Waals surface area contributed by atoms with E-state index < -0.39 is 5.41 Å². The Morgan fingerprint density at radius 3 is 1.88 bits per heavy atom. The van der Waals surface area contributed by atoms with E-state index in [1.54, 1.807) is 6.92 Å². The zero-order chi connectivity index (χ0) is 13.6. The fraction of sp³-hybridized carbons (Fsp3) is 0.857. The lowest BCUT2D eigenvalue weighted by molar-refractivity contribution is -0.139. The predicted octanol–water partition coefficient (Wildman–Crippen LogP) is 3.07. The standard InChI is InChI=1S/C14H26N2O/c1-7-14(6,10-15)13(17)16(8-11(2)3)9-12(4)5/h11-12H,7-9H2,1-6H3. The van der Waals surface area contributed by atoms with Gasteiger partial charge in [-0.05, 0) is 25.2 Å². The highest BCUT2D eigenvalue weighted by Crippen LogP contribution is 2.24. The van der Waals surface area contributed by atoms with E-state index in [1.807, 2.05) is 11.8 Å². The van der Waals surface area contributed by atoms with Gasteiger partial charge in [-0.3, -0.25) is 4.79 Å². The largest absolute Gasteiger partial charge is 0.341 e. The summed E-state index contributed by atoms with van der Waals surface area (Å²) in [5, 5.41) is 9.18. The number of nitriles is 1. The second-order valence-corrected chi connectivity index (χ2v) is 5.80. The van der Waals surface area contributed by atoms with Crippen LogP contribution in [0.15, 0.2) is 0 Å². The lowest BCUT2D eigenvalue weighted by atomic mass is 9.87. The van der Waals surface area contributed by atoms with E-state index in [9.17, 15) is 10.1 Å². The molecule has 0 rings (SSSR count). The smallest absolute Gasteiger partial charge is 0.242 e. The van der Waals surface area contributed by atoms with Gasteiger partial charge in [0.15, 0.2) is 0 Å². The summed E-state index contributed by atoms with van der Waals surface area (Å²) in [6, 6.07) is 2.16. The molecule has 3 nitrogen and oxygen atoms in total. The molecule has 0 aliphatic heterocycles. The number of hydrogen-bond acceptors (Lipinski definition) is 2. The third-order valence-corrected chi connectivity index (χ3v) is 2.88. The van der Waals surface area contributed by atoms with Gasteiger partial charge in [0.05, 0.1) is 6.07 Å². The zero-order valence-electron chi connectivity index (χ0n) is 12.1. The van der Waals surface area contributed by atoms with Crippen molar-refractivity contribution in [2.75, 3.05) is 13.1 Å². The van der Waals surface area contributed by atoms with Crippen molar-refractivity contribution in [2.24, 2.45) is 17.3 Å². The van der Waals surface area contributed by atoms with Gasteiger partial charge in [-0.25, -0.2) is 0 Å². The second-order valence-electron chi connectivity index (χ2n) is 5.80. The van der Waals surface area contributed by atoms with Crippen LogP contribution in [-0.4, -0.2) is 23.9 Å². The summed E-state index contributed by atoms with van der Waals surface area (Å²) in [5.74, 6) is 0.833. The van der Waals surface area contributed by atoms with Crippen LogP contribution in [-0.2, 0) is 4.79 Å². The van der Waals surface area contributed by atoms with Gasteiger partial charge in [0.2, 0.25) is 5.91 Å². The van der Waals surface area contributed by atoms with Crippen LogP contribution in [0.4, 0.5) is 0 Å². The Balaban J connectivity index is 4.92. The Hall–Kier alpha value is -1.04. The van der Waals surface area contributed by atoms with Gasteiger partial charge in [-0.2, -0.15) is 5.26 Å². The van der Waals surface area contributed by atoms with Gasteiger partial charge in [0.25, 0.3) is 0 Å². The van der Waals surface area contributed by atoms with Crippen molar-refractivity contribution in [1.82, 2.24) is 4.90 Å². The molecule has 1 atom stereocenters. The van der Waals surface area contributed by atoms with E-state index in [-0.39, 0.29) is 5.91 Å². The van der Waals surface area contributed by atoms with Crippen LogP contribution in [0.25, 0.3) is 0 Å². The monoisotopic (exact) mass is 238 g/mol. The molecule has 17 heavy (non-hydrogen) atoms. The molecule has 0 saturated heterocycles. The number of carbonyl (C=O) groups is 1. The van der Waals surface area contributed by atoms with E-state index in [0.717, 1.165) is 13.1 Å². The van der Waals surface area contributed by atoms with Gasteiger partial charge in [0.1, 0.15) is 5.41 Å². The maximum absolute atomic E-state index is 12.4. The van der Waals surface area contributed by atoms with Crippen LogP contribution in [0.5, 0.6) is 0 Å². The molecule has 0 aromatic carbocycles. The molecule has 0 fully saturated rings. The van der Waals surface area contributed by atoms with Crippen LogP contribution < -0.4 is 0 Å². The molecule has 0 aromatic rings. The quantitative estimate of drug-likeness (QED) is 0.714. The summed E-state index contributed by atoms with van der Waals surface area (Å²) in [4.78, 5) is 14.3. The Labute approximate surface area is 106 Å². The van der Waals surface area contributed by atoms with Crippen LogP contribution in [0.2, 0.25) is 0 Å². The Morgan fingerprint density at radius 1 is 1.24 bits per heavy atom. The minimum Gasteiger partial charge on any atom is -0.341 e. The first-order chi connectivity index (χ1) is 7.76. The number of hydrogen-bond donors (Lipinski definition) is 0. The molecule has 0 radical (unpaired) electrons. The molecule has 1 amide bonds. The van der Waals surface area contributed by atoms with Crippen LogP contribution in [0.3, 0.4) is 0 Å². The lowest BCUT2D eigenvalue weighted by Crippen LogP contribution is -2.44. The lowest BCUT2D eigenvalue weighted by Gasteiger charge is -2.32. The maximum atomic E-state index is 12.4. The third kappa shape index (κ3) is 4.77.